The number of rotatable bonds is 5. The minimum absolute atomic E-state index is 0.0969. The second-order valence-corrected chi connectivity index (χ2v) is 4.74. The molecule has 0 saturated heterocycles. The molecule has 2 amide bonds. The number of nitrogens with two attached hydrogens (primary N) is 2. The van der Waals surface area contributed by atoms with Gasteiger partial charge in [0, 0.05) is 11.3 Å². The Morgan fingerprint density at radius 3 is 2.53 bits per heavy atom. The van der Waals surface area contributed by atoms with Gasteiger partial charge >= 0.3 is 0 Å². The normalized spacial score (nSPS) is 13.7. The summed E-state index contributed by atoms with van der Waals surface area (Å²) in [6.45, 7) is 5.65. The minimum Gasteiger partial charge on any atom is -0.366 e. The van der Waals surface area contributed by atoms with Crippen LogP contribution < -0.4 is 16.8 Å². The SMILES string of the molecule is CC[C@H](C)[C@H](N)C(=O)Nc1cccc(C(N)=O)c1C. The molecule has 5 heteroatoms. The van der Waals surface area contributed by atoms with Crippen molar-refractivity contribution in [1.29, 1.82) is 0 Å². The highest BCUT2D eigenvalue weighted by Crippen LogP contribution is 2.19. The average Bonchev–Trinajstić information content (AvgIpc) is 2.38. The molecule has 0 aromatic heterocycles. The molecular weight excluding hydrogens is 242 g/mol. The van der Waals surface area contributed by atoms with Gasteiger partial charge in [-0.2, -0.15) is 0 Å². The number of primary amides is 1. The van der Waals surface area contributed by atoms with Gasteiger partial charge in [0.1, 0.15) is 0 Å². The van der Waals surface area contributed by atoms with E-state index in [2.05, 4.69) is 5.32 Å². The molecule has 1 aromatic carbocycles. The Morgan fingerprint density at radius 2 is 2.00 bits per heavy atom. The molecule has 1 aromatic rings. The predicted octanol–water partition coefficient (Wildman–Crippen LogP) is 1.41. The summed E-state index contributed by atoms with van der Waals surface area (Å²) in [6, 6.07) is 4.46. The van der Waals surface area contributed by atoms with Crippen LogP contribution in [-0.2, 0) is 4.79 Å². The molecule has 0 fully saturated rings. The second-order valence-electron chi connectivity index (χ2n) is 4.74. The first-order chi connectivity index (χ1) is 8.88. The van der Waals surface area contributed by atoms with Crippen LogP contribution in [0.3, 0.4) is 0 Å². The summed E-state index contributed by atoms with van der Waals surface area (Å²) in [5.74, 6) is -0.668. The molecule has 0 bridgehead atoms. The van der Waals surface area contributed by atoms with Gasteiger partial charge in [0.25, 0.3) is 0 Å². The number of benzene rings is 1. The average molecular weight is 263 g/mol. The number of nitrogens with one attached hydrogen (secondary N) is 1. The lowest BCUT2D eigenvalue weighted by Gasteiger charge is -2.19. The third-order valence-corrected chi connectivity index (χ3v) is 3.42. The van der Waals surface area contributed by atoms with Crippen LogP contribution in [0.25, 0.3) is 0 Å². The Balaban J connectivity index is 2.92. The van der Waals surface area contributed by atoms with Gasteiger partial charge in [-0.15, -0.1) is 0 Å². The molecular formula is C14H21N3O2. The molecule has 0 radical (unpaired) electrons. The Labute approximate surface area is 113 Å². The fourth-order valence-corrected chi connectivity index (χ4v) is 1.77. The fraction of sp³-hybridized carbons (Fsp3) is 0.429. The van der Waals surface area contributed by atoms with Crippen LogP contribution in [0.2, 0.25) is 0 Å². The number of carbonyl (C=O) groups excluding carboxylic acids is 2. The van der Waals surface area contributed by atoms with E-state index in [-0.39, 0.29) is 11.8 Å². The molecule has 0 aliphatic carbocycles. The number of hydrogen-bond donors (Lipinski definition) is 3. The highest BCUT2D eigenvalue weighted by Gasteiger charge is 2.20. The van der Waals surface area contributed by atoms with Crippen molar-refractivity contribution >= 4 is 17.5 Å². The van der Waals surface area contributed by atoms with Crippen LogP contribution in [0.1, 0.15) is 36.2 Å². The largest absolute Gasteiger partial charge is 0.366 e. The molecule has 5 N–H and O–H groups in total. The van der Waals surface area contributed by atoms with Crippen molar-refractivity contribution in [3.05, 3.63) is 29.3 Å². The fourth-order valence-electron chi connectivity index (χ4n) is 1.77. The molecule has 104 valence electrons. The van der Waals surface area contributed by atoms with Gasteiger partial charge in [-0.1, -0.05) is 26.3 Å². The van der Waals surface area contributed by atoms with Gasteiger partial charge in [-0.3, -0.25) is 9.59 Å². The van der Waals surface area contributed by atoms with Crippen molar-refractivity contribution in [2.24, 2.45) is 17.4 Å². The molecule has 0 unspecified atom stereocenters. The van der Waals surface area contributed by atoms with Gasteiger partial charge in [0.2, 0.25) is 11.8 Å². The minimum atomic E-state index is -0.568. The highest BCUT2D eigenvalue weighted by atomic mass is 16.2. The number of amides is 2. The summed E-state index contributed by atoms with van der Waals surface area (Å²) in [6.07, 6.45) is 0.828. The quantitative estimate of drug-likeness (QED) is 0.749. The zero-order chi connectivity index (χ0) is 14.6. The van der Waals surface area contributed by atoms with Gasteiger partial charge in [0.15, 0.2) is 0 Å². The van der Waals surface area contributed by atoms with Crippen molar-refractivity contribution in [3.63, 3.8) is 0 Å². The first-order valence-electron chi connectivity index (χ1n) is 6.34. The van der Waals surface area contributed by atoms with E-state index in [1.165, 1.54) is 0 Å². The zero-order valence-electron chi connectivity index (χ0n) is 11.6. The maximum absolute atomic E-state index is 12.0. The van der Waals surface area contributed by atoms with Crippen LogP contribution in [0.15, 0.2) is 18.2 Å². The van der Waals surface area contributed by atoms with Gasteiger partial charge in [-0.25, -0.2) is 0 Å². The Hall–Kier alpha value is -1.88. The molecule has 5 nitrogen and oxygen atoms in total. The highest BCUT2D eigenvalue weighted by molar-refractivity contribution is 5.99. The summed E-state index contributed by atoms with van der Waals surface area (Å²) in [5.41, 5.74) is 12.8. The predicted molar refractivity (Wildman–Crippen MR) is 75.8 cm³/mol. The van der Waals surface area contributed by atoms with Crippen LogP contribution in [0.4, 0.5) is 5.69 Å². The van der Waals surface area contributed by atoms with Crippen molar-refractivity contribution in [2.45, 2.75) is 33.2 Å². The van der Waals surface area contributed by atoms with Gasteiger partial charge in [-0.05, 0) is 30.5 Å². The molecule has 0 saturated carbocycles. The molecule has 1 rings (SSSR count). The van der Waals surface area contributed by atoms with E-state index in [0.717, 1.165) is 6.42 Å². The Kier molecular flexibility index (Phi) is 5.06. The summed E-state index contributed by atoms with van der Waals surface area (Å²) >= 11 is 0. The lowest BCUT2D eigenvalue weighted by molar-refractivity contribution is -0.118. The Bertz CT molecular complexity index is 486. The van der Waals surface area contributed by atoms with Crippen LogP contribution >= 0.6 is 0 Å². The number of carbonyl (C=O) groups is 2. The van der Waals surface area contributed by atoms with E-state index in [1.807, 2.05) is 13.8 Å². The molecule has 0 heterocycles. The number of anilines is 1. The zero-order valence-corrected chi connectivity index (χ0v) is 11.6. The maximum atomic E-state index is 12.0. The summed E-state index contributed by atoms with van der Waals surface area (Å²) in [7, 11) is 0. The molecule has 0 aliphatic heterocycles. The molecule has 0 aliphatic rings. The third-order valence-electron chi connectivity index (χ3n) is 3.42. The van der Waals surface area contributed by atoms with Crippen LogP contribution in [0.5, 0.6) is 0 Å². The Morgan fingerprint density at radius 1 is 1.37 bits per heavy atom. The first kappa shape index (κ1) is 15.2. The topological polar surface area (TPSA) is 98.2 Å². The van der Waals surface area contributed by atoms with E-state index >= 15 is 0 Å². The molecule has 19 heavy (non-hydrogen) atoms. The van der Waals surface area contributed by atoms with Crippen LogP contribution in [0, 0.1) is 12.8 Å². The lowest BCUT2D eigenvalue weighted by Crippen LogP contribution is -2.40. The van der Waals surface area contributed by atoms with E-state index in [9.17, 15) is 9.59 Å². The van der Waals surface area contributed by atoms with Gasteiger partial charge < -0.3 is 16.8 Å². The van der Waals surface area contributed by atoms with E-state index in [4.69, 9.17) is 11.5 Å². The van der Waals surface area contributed by atoms with E-state index in [0.29, 0.717) is 16.8 Å². The van der Waals surface area contributed by atoms with Crippen molar-refractivity contribution in [1.82, 2.24) is 0 Å². The van der Waals surface area contributed by atoms with Crippen molar-refractivity contribution in [2.75, 3.05) is 5.32 Å². The van der Waals surface area contributed by atoms with Gasteiger partial charge in [0.05, 0.1) is 6.04 Å². The van der Waals surface area contributed by atoms with Crippen molar-refractivity contribution < 1.29 is 9.59 Å². The second kappa shape index (κ2) is 6.33. The summed E-state index contributed by atoms with van der Waals surface area (Å²) < 4.78 is 0. The van der Waals surface area contributed by atoms with E-state index in [1.54, 1.807) is 25.1 Å². The summed E-state index contributed by atoms with van der Waals surface area (Å²) in [5, 5.41) is 2.75. The standard InChI is InChI=1S/C14H21N3O2/c1-4-8(2)12(15)14(19)17-11-7-5-6-10(9(11)3)13(16)18/h5-8,12H,4,15H2,1-3H3,(H2,16,18)(H,17,19)/t8-,12-/m0/s1. The lowest BCUT2D eigenvalue weighted by atomic mass is 9.99. The van der Waals surface area contributed by atoms with Crippen LogP contribution in [-0.4, -0.2) is 17.9 Å². The third kappa shape index (κ3) is 3.54. The first-order valence-corrected chi connectivity index (χ1v) is 6.34. The van der Waals surface area contributed by atoms with E-state index < -0.39 is 11.9 Å². The molecule has 0 spiro atoms. The smallest absolute Gasteiger partial charge is 0.249 e. The number of hydrogen-bond acceptors (Lipinski definition) is 3. The monoisotopic (exact) mass is 263 g/mol. The van der Waals surface area contributed by atoms with Crippen molar-refractivity contribution in [3.8, 4) is 0 Å². The summed E-state index contributed by atoms with van der Waals surface area (Å²) in [4.78, 5) is 23.2. The maximum Gasteiger partial charge on any atom is 0.249 e. The molecule has 2 atom stereocenters.